The van der Waals surface area contributed by atoms with Gasteiger partial charge >= 0.3 is 0 Å². The molecule has 0 aliphatic carbocycles. The molecule has 30 heavy (non-hydrogen) atoms. The van der Waals surface area contributed by atoms with Crippen molar-refractivity contribution in [2.45, 2.75) is 20.4 Å². The molecule has 0 fully saturated rings. The van der Waals surface area contributed by atoms with E-state index in [0.29, 0.717) is 17.9 Å². The second-order valence-corrected chi connectivity index (χ2v) is 7.36. The van der Waals surface area contributed by atoms with Crippen molar-refractivity contribution < 1.29 is 4.79 Å². The number of nitrogens with one attached hydrogen (secondary N) is 1. The maximum atomic E-state index is 13.0. The van der Waals surface area contributed by atoms with Gasteiger partial charge in [0.25, 0.3) is 5.91 Å². The summed E-state index contributed by atoms with van der Waals surface area (Å²) in [6.45, 7) is 5.25. The molecule has 0 aliphatic heterocycles. The van der Waals surface area contributed by atoms with Crippen LogP contribution in [0.25, 0.3) is 11.1 Å². The average molecular weight is 402 g/mol. The van der Waals surface area contributed by atoms with Crippen molar-refractivity contribution in [1.82, 2.24) is 14.9 Å². The molecule has 1 N–H and O–H groups in total. The smallest absolute Gasteiger partial charge is 0.274 e. The molecular formula is C24H27N5O. The van der Waals surface area contributed by atoms with Gasteiger partial charge in [-0.2, -0.15) is 0 Å². The first-order valence-corrected chi connectivity index (χ1v) is 9.93. The Labute approximate surface area is 177 Å². The standard InChI is InChI=1S/C24H27N5O/c1-5-27-23(24(30)28-21-8-10-25-11-9-21)22-13-19(7-6-17(22)2)20-12-18(14-26-15-20)16-29(3)4/h6-15H,5,16H2,1-4H3,(H,25,28,30)/b27-23+. The van der Waals surface area contributed by atoms with Gasteiger partial charge in [-0.25, -0.2) is 0 Å². The van der Waals surface area contributed by atoms with E-state index in [9.17, 15) is 4.79 Å². The molecule has 0 saturated carbocycles. The van der Waals surface area contributed by atoms with Gasteiger partial charge in [0, 0.05) is 54.7 Å². The summed E-state index contributed by atoms with van der Waals surface area (Å²) in [7, 11) is 4.07. The fraction of sp³-hybridized carbons (Fsp3) is 0.250. The topological polar surface area (TPSA) is 70.5 Å². The fourth-order valence-electron chi connectivity index (χ4n) is 3.22. The molecule has 3 rings (SSSR count). The number of carbonyl (C=O) groups is 1. The van der Waals surface area contributed by atoms with Crippen molar-refractivity contribution in [2.24, 2.45) is 4.99 Å². The third kappa shape index (κ3) is 5.36. The first-order chi connectivity index (χ1) is 14.5. The number of hydrogen-bond donors (Lipinski definition) is 1. The van der Waals surface area contributed by atoms with E-state index in [0.717, 1.165) is 34.4 Å². The highest BCUT2D eigenvalue weighted by Gasteiger charge is 2.17. The van der Waals surface area contributed by atoms with Crippen LogP contribution < -0.4 is 5.32 Å². The Morgan fingerprint density at radius 2 is 1.80 bits per heavy atom. The molecule has 154 valence electrons. The molecule has 0 aliphatic rings. The number of anilines is 1. The second kappa shape index (κ2) is 9.89. The SMILES string of the molecule is CC/N=C(/C(=O)Nc1ccncc1)c1cc(-c2cncc(CN(C)C)c2)ccc1C. The molecule has 0 bridgehead atoms. The van der Waals surface area contributed by atoms with Crippen LogP contribution in [0, 0.1) is 6.92 Å². The minimum Gasteiger partial charge on any atom is -0.321 e. The Hall–Kier alpha value is -3.38. The van der Waals surface area contributed by atoms with Crippen molar-refractivity contribution in [3.05, 3.63) is 77.9 Å². The van der Waals surface area contributed by atoms with Gasteiger partial charge in [0.1, 0.15) is 5.71 Å². The van der Waals surface area contributed by atoms with Crippen LogP contribution in [0.15, 0.2) is 66.2 Å². The van der Waals surface area contributed by atoms with Crippen LogP contribution in [0.3, 0.4) is 0 Å². The van der Waals surface area contributed by atoms with Crippen molar-refractivity contribution >= 4 is 17.3 Å². The van der Waals surface area contributed by atoms with Gasteiger partial charge in [0.15, 0.2) is 0 Å². The summed E-state index contributed by atoms with van der Waals surface area (Å²) in [4.78, 5) is 28.0. The summed E-state index contributed by atoms with van der Waals surface area (Å²) in [5.74, 6) is -0.234. The molecule has 2 heterocycles. The molecule has 0 spiro atoms. The van der Waals surface area contributed by atoms with Crippen molar-refractivity contribution in [2.75, 3.05) is 26.0 Å². The molecule has 3 aromatic rings. The number of amides is 1. The monoisotopic (exact) mass is 401 g/mol. The van der Waals surface area contributed by atoms with Gasteiger partial charge in [-0.3, -0.25) is 19.8 Å². The largest absolute Gasteiger partial charge is 0.321 e. The second-order valence-electron chi connectivity index (χ2n) is 7.36. The summed E-state index contributed by atoms with van der Waals surface area (Å²) in [5.41, 5.74) is 6.08. The van der Waals surface area contributed by atoms with E-state index in [1.807, 2.05) is 52.5 Å². The van der Waals surface area contributed by atoms with Gasteiger partial charge < -0.3 is 10.2 Å². The number of nitrogens with zero attached hydrogens (tertiary/aromatic N) is 4. The Bertz CT molecular complexity index is 1040. The molecule has 0 unspecified atom stereocenters. The van der Waals surface area contributed by atoms with E-state index in [4.69, 9.17) is 0 Å². The zero-order chi connectivity index (χ0) is 21.5. The Morgan fingerprint density at radius 1 is 1.03 bits per heavy atom. The molecule has 6 nitrogen and oxygen atoms in total. The number of benzene rings is 1. The molecule has 2 aromatic heterocycles. The van der Waals surface area contributed by atoms with Gasteiger partial charge in [-0.1, -0.05) is 12.1 Å². The molecule has 1 aromatic carbocycles. The maximum absolute atomic E-state index is 13.0. The van der Waals surface area contributed by atoms with Gasteiger partial charge in [0.2, 0.25) is 0 Å². The minimum atomic E-state index is -0.234. The molecule has 0 radical (unpaired) electrons. The maximum Gasteiger partial charge on any atom is 0.274 e. The summed E-state index contributed by atoms with van der Waals surface area (Å²) in [6.07, 6.45) is 7.02. The molecule has 0 atom stereocenters. The molecule has 0 saturated heterocycles. The van der Waals surface area contributed by atoms with E-state index in [2.05, 4.69) is 37.3 Å². The number of aryl methyl sites for hydroxylation is 1. The fourth-order valence-corrected chi connectivity index (χ4v) is 3.22. The highest BCUT2D eigenvalue weighted by Crippen LogP contribution is 2.24. The van der Waals surface area contributed by atoms with E-state index < -0.39 is 0 Å². The molecule has 6 heteroatoms. The van der Waals surface area contributed by atoms with E-state index in [1.54, 1.807) is 24.5 Å². The lowest BCUT2D eigenvalue weighted by molar-refractivity contribution is -0.110. The van der Waals surface area contributed by atoms with Gasteiger partial charge in [-0.05, 0) is 68.9 Å². The number of aromatic nitrogens is 2. The summed E-state index contributed by atoms with van der Waals surface area (Å²) in [6, 6.07) is 11.7. The number of pyridine rings is 2. The third-order valence-electron chi connectivity index (χ3n) is 4.59. The zero-order valence-electron chi connectivity index (χ0n) is 17.9. The lowest BCUT2D eigenvalue weighted by atomic mass is 9.96. The first kappa shape index (κ1) is 21.3. The Kier molecular flexibility index (Phi) is 7.03. The highest BCUT2D eigenvalue weighted by atomic mass is 16.1. The average Bonchev–Trinajstić information content (AvgIpc) is 2.73. The molecular weight excluding hydrogens is 374 g/mol. The normalized spacial score (nSPS) is 11.6. The number of carbonyl (C=O) groups excluding carboxylic acids is 1. The van der Waals surface area contributed by atoms with Crippen LogP contribution >= 0.6 is 0 Å². The zero-order valence-corrected chi connectivity index (χ0v) is 17.9. The van der Waals surface area contributed by atoms with Gasteiger partial charge in [-0.15, -0.1) is 0 Å². The van der Waals surface area contributed by atoms with Crippen LogP contribution in [0.2, 0.25) is 0 Å². The van der Waals surface area contributed by atoms with Crippen LogP contribution in [0.5, 0.6) is 0 Å². The summed E-state index contributed by atoms with van der Waals surface area (Å²) >= 11 is 0. The first-order valence-electron chi connectivity index (χ1n) is 9.93. The van der Waals surface area contributed by atoms with Crippen LogP contribution in [-0.4, -0.2) is 47.1 Å². The van der Waals surface area contributed by atoms with Crippen molar-refractivity contribution in [3.8, 4) is 11.1 Å². The van der Waals surface area contributed by atoms with E-state index in [-0.39, 0.29) is 5.91 Å². The lowest BCUT2D eigenvalue weighted by Crippen LogP contribution is -2.25. The quantitative estimate of drug-likeness (QED) is 0.609. The minimum absolute atomic E-state index is 0.234. The van der Waals surface area contributed by atoms with Crippen LogP contribution in [0.1, 0.15) is 23.6 Å². The van der Waals surface area contributed by atoms with Crippen molar-refractivity contribution in [3.63, 3.8) is 0 Å². The van der Waals surface area contributed by atoms with Crippen LogP contribution in [0.4, 0.5) is 5.69 Å². The third-order valence-corrected chi connectivity index (χ3v) is 4.59. The lowest BCUT2D eigenvalue weighted by Gasteiger charge is -2.14. The molecule has 1 amide bonds. The van der Waals surface area contributed by atoms with Crippen LogP contribution in [-0.2, 0) is 11.3 Å². The predicted molar refractivity (Wildman–Crippen MR) is 122 cm³/mol. The Morgan fingerprint density at radius 3 is 2.50 bits per heavy atom. The Balaban J connectivity index is 1.96. The number of hydrogen-bond acceptors (Lipinski definition) is 5. The number of rotatable bonds is 7. The predicted octanol–water partition coefficient (Wildman–Crippen LogP) is 3.96. The summed E-state index contributed by atoms with van der Waals surface area (Å²) < 4.78 is 0. The number of aliphatic imine (C=N–C) groups is 1. The van der Waals surface area contributed by atoms with E-state index >= 15 is 0 Å². The van der Waals surface area contributed by atoms with Gasteiger partial charge in [0.05, 0.1) is 0 Å². The highest BCUT2D eigenvalue weighted by molar-refractivity contribution is 6.49. The van der Waals surface area contributed by atoms with Crippen molar-refractivity contribution in [1.29, 1.82) is 0 Å². The van der Waals surface area contributed by atoms with E-state index in [1.165, 1.54) is 0 Å². The summed E-state index contributed by atoms with van der Waals surface area (Å²) in [5, 5.41) is 2.91.